The summed E-state index contributed by atoms with van der Waals surface area (Å²) in [6.45, 7) is 11.0. The van der Waals surface area contributed by atoms with Crippen molar-refractivity contribution in [3.05, 3.63) is 0 Å². The number of hydrogen-bond donors (Lipinski definition) is 0. The van der Waals surface area contributed by atoms with E-state index in [4.69, 9.17) is 7.13 Å². The van der Waals surface area contributed by atoms with Crippen molar-refractivity contribution in [1.82, 2.24) is 0 Å². The zero-order chi connectivity index (χ0) is 14.3. The van der Waals surface area contributed by atoms with E-state index in [2.05, 4.69) is 27.7 Å². The average molecular weight is 324 g/mol. The third kappa shape index (κ3) is 12.0. The topological polar surface area (TPSA) is 18.5 Å². The second kappa shape index (κ2) is 14.9. The first-order chi connectivity index (χ1) is 9.28. The summed E-state index contributed by atoms with van der Waals surface area (Å²) in [6.07, 6.45) is 10.4. The van der Waals surface area contributed by atoms with Crippen molar-refractivity contribution in [2.45, 2.75) is 79.1 Å². The van der Waals surface area contributed by atoms with Gasteiger partial charge >= 0.3 is 129 Å². The molecule has 3 heteroatoms. The molecule has 0 aliphatic rings. The Morgan fingerprint density at radius 2 is 1.16 bits per heavy atom. The monoisotopic (exact) mass is 322 g/mol. The van der Waals surface area contributed by atoms with Gasteiger partial charge in [0.2, 0.25) is 0 Å². The SMILES string of the molecule is CCCCC(CC)C[O][Zn][O]CC(CC)CCCC. The summed E-state index contributed by atoms with van der Waals surface area (Å²) in [7, 11) is 0. The van der Waals surface area contributed by atoms with E-state index in [1.54, 1.807) is 0 Å². The van der Waals surface area contributed by atoms with Crippen LogP contribution < -0.4 is 0 Å². The molecule has 0 spiro atoms. The standard InChI is InChI=1S/2C8H17O.Zn/c2*1-3-5-6-8(4-2)7-9;/h2*8H,3-7H2,1-2H3;/q2*-1;+2. The first-order valence-electron chi connectivity index (χ1n) is 8.43. The van der Waals surface area contributed by atoms with Gasteiger partial charge < -0.3 is 0 Å². The molecule has 19 heavy (non-hydrogen) atoms. The van der Waals surface area contributed by atoms with Gasteiger partial charge in [-0.2, -0.15) is 0 Å². The molecule has 0 aliphatic carbocycles. The van der Waals surface area contributed by atoms with Crippen molar-refractivity contribution < 1.29 is 25.0 Å². The summed E-state index contributed by atoms with van der Waals surface area (Å²) in [5.74, 6) is 1.52. The molecule has 112 valence electrons. The summed E-state index contributed by atoms with van der Waals surface area (Å²) >= 11 is -1.17. The van der Waals surface area contributed by atoms with E-state index in [1.165, 1.54) is 51.4 Å². The molecule has 0 saturated carbocycles. The quantitative estimate of drug-likeness (QED) is 0.316. The van der Waals surface area contributed by atoms with Crippen LogP contribution >= 0.6 is 0 Å². The first-order valence-corrected chi connectivity index (χ1v) is 10.9. The predicted octanol–water partition coefficient (Wildman–Crippen LogP) is 5.36. The van der Waals surface area contributed by atoms with Crippen LogP contribution in [0.3, 0.4) is 0 Å². The van der Waals surface area contributed by atoms with Crippen LogP contribution in [-0.4, -0.2) is 13.2 Å². The third-order valence-electron chi connectivity index (χ3n) is 3.96. The fourth-order valence-corrected chi connectivity index (χ4v) is 4.33. The molecule has 0 aromatic carbocycles. The molecule has 2 nitrogen and oxygen atoms in total. The Labute approximate surface area is 129 Å². The summed E-state index contributed by atoms with van der Waals surface area (Å²) in [6, 6.07) is 0. The Hall–Kier alpha value is 0.543. The number of unbranched alkanes of at least 4 members (excludes halogenated alkanes) is 2. The van der Waals surface area contributed by atoms with E-state index in [-0.39, 0.29) is 0 Å². The van der Waals surface area contributed by atoms with E-state index in [0.717, 1.165) is 25.0 Å². The van der Waals surface area contributed by atoms with Crippen LogP contribution in [-0.2, 0) is 25.0 Å². The van der Waals surface area contributed by atoms with Gasteiger partial charge in [-0.05, 0) is 0 Å². The third-order valence-corrected chi connectivity index (χ3v) is 5.65. The molecule has 0 fully saturated rings. The molecule has 0 aromatic rings. The van der Waals surface area contributed by atoms with Gasteiger partial charge in [0.05, 0.1) is 0 Å². The van der Waals surface area contributed by atoms with Gasteiger partial charge in [-0.3, -0.25) is 0 Å². The fourth-order valence-electron chi connectivity index (χ4n) is 2.28. The van der Waals surface area contributed by atoms with Crippen molar-refractivity contribution in [3.8, 4) is 0 Å². The van der Waals surface area contributed by atoms with Crippen LogP contribution in [0, 0.1) is 11.8 Å². The van der Waals surface area contributed by atoms with Crippen molar-refractivity contribution in [2.75, 3.05) is 13.2 Å². The fraction of sp³-hybridized carbons (Fsp3) is 1.00. The van der Waals surface area contributed by atoms with Crippen LogP contribution in [0.1, 0.15) is 79.1 Å². The van der Waals surface area contributed by atoms with E-state index in [1.807, 2.05) is 0 Å². The number of hydrogen-bond acceptors (Lipinski definition) is 2. The van der Waals surface area contributed by atoms with Gasteiger partial charge in [0.1, 0.15) is 0 Å². The van der Waals surface area contributed by atoms with E-state index >= 15 is 0 Å². The Kier molecular flexibility index (Phi) is 15.4. The molecule has 2 atom stereocenters. The predicted molar refractivity (Wildman–Crippen MR) is 78.5 cm³/mol. The molecule has 0 radical (unpaired) electrons. The maximum atomic E-state index is 5.85. The Bertz CT molecular complexity index is 158. The van der Waals surface area contributed by atoms with Crippen molar-refractivity contribution in [2.24, 2.45) is 11.8 Å². The molecule has 0 aromatic heterocycles. The Morgan fingerprint density at radius 3 is 1.47 bits per heavy atom. The molecule has 2 unspecified atom stereocenters. The Balaban J connectivity index is 3.50. The van der Waals surface area contributed by atoms with E-state index in [9.17, 15) is 0 Å². The van der Waals surface area contributed by atoms with Crippen molar-refractivity contribution in [3.63, 3.8) is 0 Å². The van der Waals surface area contributed by atoms with Crippen LogP contribution in [0.15, 0.2) is 0 Å². The second-order valence-corrected chi connectivity index (χ2v) is 7.90. The summed E-state index contributed by atoms with van der Waals surface area (Å²) in [4.78, 5) is 0. The average Bonchev–Trinajstić information content (AvgIpc) is 2.45. The van der Waals surface area contributed by atoms with Gasteiger partial charge in [-0.15, -0.1) is 0 Å². The molecule has 0 heterocycles. The first kappa shape index (κ1) is 19.5. The second-order valence-electron chi connectivity index (χ2n) is 5.69. The van der Waals surface area contributed by atoms with Crippen LogP contribution in [0.25, 0.3) is 0 Å². The molecule has 0 amide bonds. The minimum absolute atomic E-state index is 0.760. The van der Waals surface area contributed by atoms with Crippen LogP contribution in [0.5, 0.6) is 0 Å². The van der Waals surface area contributed by atoms with Crippen LogP contribution in [0.2, 0.25) is 0 Å². The molecule has 0 bridgehead atoms. The summed E-state index contributed by atoms with van der Waals surface area (Å²) in [5.41, 5.74) is 0. The minimum atomic E-state index is -1.17. The molecular weight excluding hydrogens is 290 g/mol. The van der Waals surface area contributed by atoms with Crippen molar-refractivity contribution in [1.29, 1.82) is 0 Å². The van der Waals surface area contributed by atoms with Gasteiger partial charge in [0, 0.05) is 0 Å². The molecule has 0 rings (SSSR count). The van der Waals surface area contributed by atoms with Gasteiger partial charge in [0.25, 0.3) is 0 Å². The normalized spacial score (nSPS) is 14.1. The molecule has 0 N–H and O–H groups in total. The zero-order valence-electron chi connectivity index (χ0n) is 13.7. The zero-order valence-corrected chi connectivity index (χ0v) is 16.7. The van der Waals surface area contributed by atoms with Crippen molar-refractivity contribution >= 4 is 0 Å². The number of rotatable bonds is 14. The van der Waals surface area contributed by atoms with E-state index in [0.29, 0.717) is 0 Å². The maximum absolute atomic E-state index is 5.85. The molecule has 0 aliphatic heterocycles. The Morgan fingerprint density at radius 1 is 0.737 bits per heavy atom. The molecular formula is C16H34O2Zn. The van der Waals surface area contributed by atoms with Gasteiger partial charge in [-0.25, -0.2) is 0 Å². The summed E-state index contributed by atoms with van der Waals surface area (Å²) < 4.78 is 11.7. The van der Waals surface area contributed by atoms with Crippen LogP contribution in [0.4, 0.5) is 0 Å². The van der Waals surface area contributed by atoms with Gasteiger partial charge in [-0.1, -0.05) is 0 Å². The van der Waals surface area contributed by atoms with E-state index < -0.39 is 17.8 Å². The summed E-state index contributed by atoms with van der Waals surface area (Å²) in [5, 5.41) is 0. The molecule has 0 saturated heterocycles. The van der Waals surface area contributed by atoms with Gasteiger partial charge in [0.15, 0.2) is 0 Å².